The molecule has 0 aromatic heterocycles. The summed E-state index contributed by atoms with van der Waals surface area (Å²) >= 11 is 0. The highest BCUT2D eigenvalue weighted by molar-refractivity contribution is 5.15. The van der Waals surface area contributed by atoms with Crippen LogP contribution in [0.15, 0.2) is 0 Å². The predicted octanol–water partition coefficient (Wildman–Crippen LogP) is 3.78. The van der Waals surface area contributed by atoms with Crippen molar-refractivity contribution in [1.29, 1.82) is 0 Å². The van der Waals surface area contributed by atoms with Crippen molar-refractivity contribution in [3.05, 3.63) is 0 Å². The molecular formula is C15H26FN. The van der Waals surface area contributed by atoms with Gasteiger partial charge in [-0.25, -0.2) is 4.39 Å². The Bertz CT molecular complexity index is 315. The van der Waals surface area contributed by atoms with Crippen LogP contribution in [0.25, 0.3) is 0 Å². The van der Waals surface area contributed by atoms with E-state index in [4.69, 9.17) is 0 Å². The van der Waals surface area contributed by atoms with Crippen LogP contribution in [0.3, 0.4) is 0 Å². The first-order valence-electron chi connectivity index (χ1n) is 7.22. The lowest BCUT2D eigenvalue weighted by Crippen LogP contribution is -2.38. The van der Waals surface area contributed by atoms with E-state index in [9.17, 15) is 4.39 Å². The monoisotopic (exact) mass is 239 g/mol. The van der Waals surface area contributed by atoms with Crippen LogP contribution in [0.1, 0.15) is 59.3 Å². The molecule has 1 spiro atoms. The number of hydrogen-bond donors (Lipinski definition) is 0. The van der Waals surface area contributed by atoms with Gasteiger partial charge in [-0.15, -0.1) is 0 Å². The van der Waals surface area contributed by atoms with Crippen molar-refractivity contribution in [1.82, 2.24) is 4.90 Å². The van der Waals surface area contributed by atoms with Gasteiger partial charge < -0.3 is 0 Å². The summed E-state index contributed by atoms with van der Waals surface area (Å²) in [4.78, 5) is 2.51. The lowest BCUT2D eigenvalue weighted by atomic mass is 9.79. The van der Waals surface area contributed by atoms with E-state index in [-0.39, 0.29) is 5.54 Å². The van der Waals surface area contributed by atoms with Gasteiger partial charge in [-0.3, -0.25) is 4.90 Å². The highest BCUT2D eigenvalue weighted by Crippen LogP contribution is 2.62. The smallest absolute Gasteiger partial charge is 0.115 e. The quantitative estimate of drug-likeness (QED) is 0.709. The number of fused-ring (bicyclic) bond motifs is 1. The second-order valence-corrected chi connectivity index (χ2v) is 8.14. The Morgan fingerprint density at radius 2 is 2.00 bits per heavy atom. The van der Waals surface area contributed by atoms with Crippen molar-refractivity contribution >= 4 is 0 Å². The number of halogens is 1. The SMILES string of the molecule is CC(C)(C)CC[C@]12C[C@@H](F)CN1CC1(CC1)C2. The van der Waals surface area contributed by atoms with Crippen LogP contribution in [-0.4, -0.2) is 29.7 Å². The van der Waals surface area contributed by atoms with E-state index < -0.39 is 6.17 Å². The van der Waals surface area contributed by atoms with E-state index in [0.717, 1.165) is 6.42 Å². The van der Waals surface area contributed by atoms with E-state index in [1.54, 1.807) is 0 Å². The fourth-order valence-electron chi connectivity index (χ4n) is 4.08. The molecule has 2 heteroatoms. The normalized spacial score (nSPS) is 39.9. The molecule has 0 radical (unpaired) electrons. The molecule has 0 unspecified atom stereocenters. The number of rotatable bonds is 2. The third-order valence-corrected chi connectivity index (χ3v) is 5.22. The average molecular weight is 239 g/mol. The lowest BCUT2D eigenvalue weighted by Gasteiger charge is -2.34. The summed E-state index contributed by atoms with van der Waals surface area (Å²) in [5.74, 6) is 0. The minimum Gasteiger partial charge on any atom is -0.294 e. The summed E-state index contributed by atoms with van der Waals surface area (Å²) in [5, 5.41) is 0. The highest BCUT2D eigenvalue weighted by atomic mass is 19.1. The topological polar surface area (TPSA) is 3.24 Å². The minimum atomic E-state index is -0.564. The van der Waals surface area contributed by atoms with Crippen LogP contribution >= 0.6 is 0 Å². The number of alkyl halides is 1. The predicted molar refractivity (Wildman–Crippen MR) is 68.8 cm³/mol. The molecule has 0 N–H and O–H groups in total. The molecular weight excluding hydrogens is 213 g/mol. The van der Waals surface area contributed by atoms with Crippen molar-refractivity contribution in [2.24, 2.45) is 10.8 Å². The van der Waals surface area contributed by atoms with Crippen LogP contribution in [0.5, 0.6) is 0 Å². The zero-order valence-corrected chi connectivity index (χ0v) is 11.6. The van der Waals surface area contributed by atoms with Crippen LogP contribution in [0, 0.1) is 10.8 Å². The molecule has 2 atom stereocenters. The Morgan fingerprint density at radius 3 is 2.59 bits per heavy atom. The Labute approximate surface area is 105 Å². The van der Waals surface area contributed by atoms with E-state index in [0.29, 0.717) is 17.4 Å². The first-order valence-corrected chi connectivity index (χ1v) is 7.22. The molecule has 1 aliphatic carbocycles. The number of hydrogen-bond acceptors (Lipinski definition) is 1. The van der Waals surface area contributed by atoms with Gasteiger partial charge in [-0.1, -0.05) is 20.8 Å². The van der Waals surface area contributed by atoms with E-state index in [2.05, 4.69) is 25.7 Å². The lowest BCUT2D eigenvalue weighted by molar-refractivity contribution is 0.158. The van der Waals surface area contributed by atoms with Gasteiger partial charge in [0.25, 0.3) is 0 Å². The fraction of sp³-hybridized carbons (Fsp3) is 1.00. The second-order valence-electron chi connectivity index (χ2n) is 8.14. The molecule has 3 aliphatic rings. The minimum absolute atomic E-state index is 0.239. The molecule has 2 aliphatic heterocycles. The Kier molecular flexibility index (Phi) is 2.44. The summed E-state index contributed by atoms with van der Waals surface area (Å²) < 4.78 is 13.7. The summed E-state index contributed by atoms with van der Waals surface area (Å²) in [6.07, 6.45) is 6.77. The van der Waals surface area contributed by atoms with Crippen LogP contribution < -0.4 is 0 Å². The van der Waals surface area contributed by atoms with Crippen LogP contribution in [0.4, 0.5) is 4.39 Å². The average Bonchev–Trinajstić information content (AvgIpc) is 2.74. The second kappa shape index (κ2) is 3.46. The molecule has 2 saturated heterocycles. The Hall–Kier alpha value is -0.110. The van der Waals surface area contributed by atoms with Crippen molar-refractivity contribution in [3.63, 3.8) is 0 Å². The zero-order valence-electron chi connectivity index (χ0n) is 11.6. The Morgan fingerprint density at radius 1 is 1.29 bits per heavy atom. The molecule has 0 bridgehead atoms. The molecule has 98 valence electrons. The van der Waals surface area contributed by atoms with E-state index in [1.165, 1.54) is 38.6 Å². The van der Waals surface area contributed by atoms with Crippen LogP contribution in [-0.2, 0) is 0 Å². The molecule has 17 heavy (non-hydrogen) atoms. The molecule has 3 rings (SSSR count). The van der Waals surface area contributed by atoms with Crippen molar-refractivity contribution < 1.29 is 4.39 Å². The first-order chi connectivity index (χ1) is 7.83. The molecule has 0 aromatic carbocycles. The maximum Gasteiger partial charge on any atom is 0.115 e. The molecule has 2 heterocycles. The maximum atomic E-state index is 13.7. The molecule has 0 amide bonds. The van der Waals surface area contributed by atoms with Gasteiger partial charge in [0.2, 0.25) is 0 Å². The largest absolute Gasteiger partial charge is 0.294 e. The maximum absolute atomic E-state index is 13.7. The third kappa shape index (κ3) is 2.14. The van der Waals surface area contributed by atoms with E-state index in [1.807, 2.05) is 0 Å². The summed E-state index contributed by atoms with van der Waals surface area (Å²) in [6, 6.07) is 0. The molecule has 1 saturated carbocycles. The van der Waals surface area contributed by atoms with Gasteiger partial charge in [0.05, 0.1) is 0 Å². The van der Waals surface area contributed by atoms with Gasteiger partial charge in [-0.05, 0) is 49.4 Å². The number of nitrogens with zero attached hydrogens (tertiary/aromatic N) is 1. The van der Waals surface area contributed by atoms with Crippen molar-refractivity contribution in [2.75, 3.05) is 13.1 Å². The highest BCUT2D eigenvalue weighted by Gasteiger charge is 2.61. The fourth-order valence-corrected chi connectivity index (χ4v) is 4.08. The van der Waals surface area contributed by atoms with Gasteiger partial charge in [0.15, 0.2) is 0 Å². The van der Waals surface area contributed by atoms with Gasteiger partial charge in [0, 0.05) is 18.6 Å². The molecule has 0 aromatic rings. The van der Waals surface area contributed by atoms with Crippen molar-refractivity contribution in [2.45, 2.75) is 71.0 Å². The zero-order chi connectivity index (χ0) is 12.3. The summed E-state index contributed by atoms with van der Waals surface area (Å²) in [7, 11) is 0. The standard InChI is InChI=1S/C15H26FN/c1-13(2,3)4-7-15-8-12(16)9-17(15)11-14(10-15)5-6-14/h12H,4-11H2,1-3H3/t12-,15-/m1/s1. The molecule has 3 fully saturated rings. The third-order valence-electron chi connectivity index (χ3n) is 5.22. The first kappa shape index (κ1) is 12.0. The van der Waals surface area contributed by atoms with E-state index >= 15 is 0 Å². The summed E-state index contributed by atoms with van der Waals surface area (Å²) in [5.41, 5.74) is 1.25. The van der Waals surface area contributed by atoms with Gasteiger partial charge in [0.1, 0.15) is 6.17 Å². The molecule has 1 nitrogen and oxygen atoms in total. The van der Waals surface area contributed by atoms with Gasteiger partial charge >= 0.3 is 0 Å². The summed E-state index contributed by atoms with van der Waals surface area (Å²) in [6.45, 7) is 8.82. The van der Waals surface area contributed by atoms with Crippen molar-refractivity contribution in [3.8, 4) is 0 Å². The van der Waals surface area contributed by atoms with Crippen LogP contribution in [0.2, 0.25) is 0 Å². The Balaban J connectivity index is 1.73. The van der Waals surface area contributed by atoms with Gasteiger partial charge in [-0.2, -0.15) is 0 Å².